The summed E-state index contributed by atoms with van der Waals surface area (Å²) in [4.78, 5) is 0. The number of aliphatic hydroxyl groups excluding tert-OH is 2. The van der Waals surface area contributed by atoms with Gasteiger partial charge in [-0.2, -0.15) is 0 Å². The molecule has 0 amide bonds. The van der Waals surface area contributed by atoms with E-state index >= 15 is 0 Å². The summed E-state index contributed by atoms with van der Waals surface area (Å²) in [7, 11) is 1.00. The van der Waals surface area contributed by atoms with Crippen molar-refractivity contribution in [1.29, 1.82) is 0 Å². The molecule has 0 aliphatic heterocycles. The van der Waals surface area contributed by atoms with Gasteiger partial charge in [-0.3, -0.25) is 0 Å². The first-order chi connectivity index (χ1) is 2.91. The van der Waals surface area contributed by atoms with Crippen LogP contribution in [-0.2, 0) is 21.7 Å². The maximum atomic E-state index is 7.88. The molecule has 0 saturated heterocycles. The molecule has 0 unspecified atom stereocenters. The number of rotatable bonds is 1. The second-order valence-corrected chi connectivity index (χ2v) is 0.724. The van der Waals surface area contributed by atoms with Gasteiger partial charge in [0.2, 0.25) is 0 Å². The third-order valence-electron chi connectivity index (χ3n) is 0.224. The van der Waals surface area contributed by atoms with Crippen molar-refractivity contribution in [2.45, 2.75) is 13.3 Å². The summed E-state index contributed by atoms with van der Waals surface area (Å²) in [6, 6.07) is 0. The van der Waals surface area contributed by atoms with Crippen LogP contribution < -0.4 is 0 Å². The molecule has 0 aliphatic carbocycles. The molecule has 44 valence electrons. The molecule has 0 radical (unpaired) electrons. The Morgan fingerprint density at radius 1 is 1.29 bits per heavy atom. The van der Waals surface area contributed by atoms with Crippen molar-refractivity contribution in [3.8, 4) is 0 Å². The van der Waals surface area contributed by atoms with E-state index in [9.17, 15) is 0 Å². The predicted molar refractivity (Wildman–Crippen MR) is 25.5 cm³/mol. The van der Waals surface area contributed by atoms with Crippen LogP contribution in [-0.4, -0.2) is 23.9 Å². The van der Waals surface area contributed by atoms with Crippen LogP contribution in [0, 0.1) is 0 Å². The quantitative estimate of drug-likeness (QED) is 0.503. The molecule has 0 spiro atoms. The minimum Gasteiger partial charge on any atom is -0.400 e. The first-order valence-corrected chi connectivity index (χ1v) is 1.97. The summed E-state index contributed by atoms with van der Waals surface area (Å²) in [5.41, 5.74) is 0. The smallest absolute Gasteiger partial charge is 0.0428 e. The van der Waals surface area contributed by atoms with E-state index in [-0.39, 0.29) is 21.7 Å². The topological polar surface area (TPSA) is 40.5 Å². The van der Waals surface area contributed by atoms with Gasteiger partial charge in [0.1, 0.15) is 0 Å². The van der Waals surface area contributed by atoms with E-state index < -0.39 is 0 Å². The summed E-state index contributed by atoms with van der Waals surface area (Å²) < 4.78 is 0. The van der Waals surface area contributed by atoms with E-state index in [2.05, 4.69) is 0 Å². The Labute approximate surface area is 59.4 Å². The van der Waals surface area contributed by atoms with Gasteiger partial charge in [-0.25, -0.2) is 0 Å². The molecular weight excluding hydrogens is 128 g/mol. The zero-order valence-electron chi connectivity index (χ0n) is 4.81. The van der Waals surface area contributed by atoms with Crippen LogP contribution >= 0.6 is 0 Å². The molecule has 2 nitrogen and oxygen atoms in total. The van der Waals surface area contributed by atoms with Crippen LogP contribution in [0.4, 0.5) is 0 Å². The number of hydrogen-bond acceptors (Lipinski definition) is 2. The molecule has 0 fully saturated rings. The number of hydrogen-bond donors (Lipinski definition) is 2. The molecule has 0 aromatic heterocycles. The van der Waals surface area contributed by atoms with Crippen molar-refractivity contribution in [2.24, 2.45) is 0 Å². The summed E-state index contributed by atoms with van der Waals surface area (Å²) in [5, 5.41) is 14.9. The minimum absolute atomic E-state index is 0. The summed E-state index contributed by atoms with van der Waals surface area (Å²) in [6.45, 7) is 2.25. The standard InChI is InChI=1S/C3H8O.CH4O.Ti/c1-2-3-4;1-2;/h4H,2-3H2,1H3;2H,1H3;. The van der Waals surface area contributed by atoms with Gasteiger partial charge in [-0.1, -0.05) is 6.92 Å². The zero-order valence-corrected chi connectivity index (χ0v) is 6.37. The molecule has 0 rings (SSSR count). The van der Waals surface area contributed by atoms with Crippen LogP contribution in [0.25, 0.3) is 0 Å². The molecular formula is C4H12O2Ti. The molecule has 0 atom stereocenters. The number of aliphatic hydroxyl groups is 2. The van der Waals surface area contributed by atoms with Crippen molar-refractivity contribution in [1.82, 2.24) is 0 Å². The van der Waals surface area contributed by atoms with Crippen LogP contribution in [0.1, 0.15) is 13.3 Å². The third kappa shape index (κ3) is 53.3. The van der Waals surface area contributed by atoms with Gasteiger partial charge in [-0.05, 0) is 6.42 Å². The predicted octanol–water partition coefficient (Wildman–Crippen LogP) is -0.00530. The molecule has 0 aromatic rings. The van der Waals surface area contributed by atoms with Gasteiger partial charge in [0.25, 0.3) is 0 Å². The van der Waals surface area contributed by atoms with Gasteiger partial charge in [0.05, 0.1) is 0 Å². The molecule has 0 aliphatic rings. The van der Waals surface area contributed by atoms with E-state index in [0.717, 1.165) is 13.5 Å². The minimum atomic E-state index is 0. The molecule has 0 heterocycles. The van der Waals surface area contributed by atoms with E-state index in [1.165, 1.54) is 0 Å². The maximum absolute atomic E-state index is 7.88. The van der Waals surface area contributed by atoms with Gasteiger partial charge in [0, 0.05) is 35.4 Å². The fraction of sp³-hybridized carbons (Fsp3) is 1.00. The van der Waals surface area contributed by atoms with E-state index in [1.807, 2.05) is 6.92 Å². The molecule has 2 N–H and O–H groups in total. The Morgan fingerprint density at radius 3 is 1.43 bits per heavy atom. The average Bonchev–Trinajstić information content (AvgIpc) is 1.72. The normalized spacial score (nSPS) is 5.14. The van der Waals surface area contributed by atoms with Crippen molar-refractivity contribution in [3.05, 3.63) is 0 Å². The Hall–Kier alpha value is 0.634. The molecule has 7 heavy (non-hydrogen) atoms. The summed E-state index contributed by atoms with van der Waals surface area (Å²) in [5.74, 6) is 0. The average molecular weight is 140 g/mol. The van der Waals surface area contributed by atoms with Gasteiger partial charge >= 0.3 is 0 Å². The maximum Gasteiger partial charge on any atom is 0.0428 e. The van der Waals surface area contributed by atoms with Crippen LogP contribution in [0.3, 0.4) is 0 Å². The molecule has 0 saturated carbocycles. The Kier molecular flexibility index (Phi) is 67.8. The molecule has 0 aromatic carbocycles. The SMILES string of the molecule is CCCO.CO.[Ti]. The van der Waals surface area contributed by atoms with Gasteiger partial charge < -0.3 is 10.2 Å². The van der Waals surface area contributed by atoms with Gasteiger partial charge in [-0.15, -0.1) is 0 Å². The summed E-state index contributed by atoms with van der Waals surface area (Å²) in [6.07, 6.45) is 0.875. The second kappa shape index (κ2) is 30.3. The van der Waals surface area contributed by atoms with Crippen LogP contribution in [0.15, 0.2) is 0 Å². The van der Waals surface area contributed by atoms with E-state index in [0.29, 0.717) is 6.61 Å². The first kappa shape index (κ1) is 15.6. The Bertz CT molecular complexity index is 11.7. The van der Waals surface area contributed by atoms with Crippen molar-refractivity contribution in [3.63, 3.8) is 0 Å². The Balaban J connectivity index is -0.0000000480. The van der Waals surface area contributed by atoms with E-state index in [1.54, 1.807) is 0 Å². The first-order valence-electron chi connectivity index (χ1n) is 1.97. The zero-order chi connectivity index (χ0) is 5.41. The fourth-order valence-electron chi connectivity index (χ4n) is 0. The summed E-state index contributed by atoms with van der Waals surface area (Å²) >= 11 is 0. The third-order valence-corrected chi connectivity index (χ3v) is 0.224. The molecule has 0 bridgehead atoms. The van der Waals surface area contributed by atoms with Gasteiger partial charge in [0.15, 0.2) is 0 Å². The van der Waals surface area contributed by atoms with Crippen molar-refractivity contribution >= 4 is 0 Å². The van der Waals surface area contributed by atoms with Crippen LogP contribution in [0.5, 0.6) is 0 Å². The van der Waals surface area contributed by atoms with Crippen LogP contribution in [0.2, 0.25) is 0 Å². The largest absolute Gasteiger partial charge is 0.400 e. The molecule has 3 heteroatoms. The van der Waals surface area contributed by atoms with E-state index in [4.69, 9.17) is 10.2 Å². The van der Waals surface area contributed by atoms with Crippen molar-refractivity contribution in [2.75, 3.05) is 13.7 Å². The second-order valence-electron chi connectivity index (χ2n) is 0.724. The van der Waals surface area contributed by atoms with Crippen molar-refractivity contribution < 1.29 is 31.9 Å². The Morgan fingerprint density at radius 2 is 1.43 bits per heavy atom. The fourth-order valence-corrected chi connectivity index (χ4v) is 0. The monoisotopic (exact) mass is 140 g/mol.